The Labute approximate surface area is 105 Å². The second-order valence-electron chi connectivity index (χ2n) is 4.62. The zero-order valence-corrected chi connectivity index (χ0v) is 10.3. The van der Waals surface area contributed by atoms with E-state index in [2.05, 4.69) is 9.97 Å². The van der Waals surface area contributed by atoms with E-state index in [9.17, 15) is 4.79 Å². The minimum atomic E-state index is 0.158. The van der Waals surface area contributed by atoms with Crippen molar-refractivity contribution < 1.29 is 9.21 Å². The van der Waals surface area contributed by atoms with Crippen LogP contribution in [0.5, 0.6) is 0 Å². The van der Waals surface area contributed by atoms with Crippen LogP contribution in [0.3, 0.4) is 0 Å². The van der Waals surface area contributed by atoms with E-state index in [1.54, 1.807) is 12.5 Å². The molecule has 0 aromatic carbocycles. The Morgan fingerprint density at radius 1 is 1.28 bits per heavy atom. The highest BCUT2D eigenvalue weighted by Gasteiger charge is 2.19. The number of hydrogen-bond donors (Lipinski definition) is 0. The first-order valence-corrected chi connectivity index (χ1v) is 6.19. The van der Waals surface area contributed by atoms with E-state index in [0.29, 0.717) is 23.6 Å². The molecule has 1 aliphatic rings. The molecule has 0 N–H and O–H groups in total. The molecule has 0 radical (unpaired) electrons. The van der Waals surface area contributed by atoms with Gasteiger partial charge in [-0.05, 0) is 37.8 Å². The van der Waals surface area contributed by atoms with Crippen molar-refractivity contribution in [3.63, 3.8) is 0 Å². The van der Waals surface area contributed by atoms with Gasteiger partial charge >= 0.3 is 0 Å². The van der Waals surface area contributed by atoms with Crippen LogP contribution in [-0.4, -0.2) is 15.8 Å². The van der Waals surface area contributed by atoms with Crippen LogP contribution in [0.15, 0.2) is 22.9 Å². The van der Waals surface area contributed by atoms with Crippen LogP contribution < -0.4 is 0 Å². The Morgan fingerprint density at radius 2 is 2.11 bits per heavy atom. The molecule has 0 fully saturated rings. The van der Waals surface area contributed by atoms with Gasteiger partial charge in [-0.2, -0.15) is 0 Å². The molecule has 2 aromatic heterocycles. The molecule has 4 heteroatoms. The molecule has 0 aliphatic heterocycles. The number of nitrogens with zero attached hydrogens (tertiary/aromatic N) is 2. The van der Waals surface area contributed by atoms with Gasteiger partial charge in [-0.3, -0.25) is 4.79 Å². The van der Waals surface area contributed by atoms with Crippen LogP contribution in [0, 0.1) is 6.92 Å². The van der Waals surface area contributed by atoms with Gasteiger partial charge in [0.1, 0.15) is 0 Å². The monoisotopic (exact) mass is 242 g/mol. The summed E-state index contributed by atoms with van der Waals surface area (Å²) in [6.07, 6.45) is 6.67. The van der Waals surface area contributed by atoms with Gasteiger partial charge in [-0.15, -0.1) is 0 Å². The second kappa shape index (κ2) is 4.37. The Hall–Kier alpha value is -1.97. The SMILES string of the molecule is Cc1ccoc1-c1ncc2c(n1)CCCCC2=O. The molecule has 0 bridgehead atoms. The maximum Gasteiger partial charge on any atom is 0.196 e. The fourth-order valence-corrected chi connectivity index (χ4v) is 2.26. The van der Waals surface area contributed by atoms with Gasteiger partial charge in [0, 0.05) is 12.6 Å². The summed E-state index contributed by atoms with van der Waals surface area (Å²) < 4.78 is 5.39. The van der Waals surface area contributed by atoms with Crippen molar-refractivity contribution in [1.82, 2.24) is 9.97 Å². The Kier molecular flexibility index (Phi) is 2.70. The molecule has 92 valence electrons. The smallest absolute Gasteiger partial charge is 0.196 e. The minimum Gasteiger partial charge on any atom is -0.461 e. The Morgan fingerprint density at radius 3 is 2.89 bits per heavy atom. The average molecular weight is 242 g/mol. The number of carbonyl (C=O) groups excluding carboxylic acids is 1. The van der Waals surface area contributed by atoms with Crippen LogP contribution in [0.4, 0.5) is 0 Å². The lowest BCUT2D eigenvalue weighted by atomic mass is 10.1. The minimum absolute atomic E-state index is 0.158. The summed E-state index contributed by atoms with van der Waals surface area (Å²) in [5.74, 6) is 1.42. The molecular weight excluding hydrogens is 228 g/mol. The summed E-state index contributed by atoms with van der Waals surface area (Å²) >= 11 is 0. The molecular formula is C14H14N2O2. The van der Waals surface area contributed by atoms with Gasteiger partial charge in [0.15, 0.2) is 17.4 Å². The van der Waals surface area contributed by atoms with E-state index in [-0.39, 0.29) is 5.78 Å². The van der Waals surface area contributed by atoms with Crippen molar-refractivity contribution in [2.45, 2.75) is 32.6 Å². The average Bonchev–Trinajstić information content (AvgIpc) is 2.71. The summed E-state index contributed by atoms with van der Waals surface area (Å²) in [5, 5.41) is 0. The van der Waals surface area contributed by atoms with Gasteiger partial charge in [0.25, 0.3) is 0 Å². The number of fused-ring (bicyclic) bond motifs is 1. The lowest BCUT2D eigenvalue weighted by Crippen LogP contribution is -2.05. The van der Waals surface area contributed by atoms with E-state index in [4.69, 9.17) is 4.42 Å². The van der Waals surface area contributed by atoms with Gasteiger partial charge in [0.2, 0.25) is 0 Å². The van der Waals surface area contributed by atoms with Gasteiger partial charge in [-0.1, -0.05) is 0 Å². The Bertz CT molecular complexity index is 602. The number of aromatic nitrogens is 2. The van der Waals surface area contributed by atoms with E-state index >= 15 is 0 Å². The predicted molar refractivity (Wildman–Crippen MR) is 66.4 cm³/mol. The predicted octanol–water partition coefficient (Wildman–Crippen LogP) is 2.95. The number of aryl methyl sites for hydroxylation is 2. The van der Waals surface area contributed by atoms with Gasteiger partial charge in [0.05, 0.1) is 17.5 Å². The third kappa shape index (κ3) is 1.83. The summed E-state index contributed by atoms with van der Waals surface area (Å²) in [7, 11) is 0. The van der Waals surface area contributed by atoms with Crippen LogP contribution >= 0.6 is 0 Å². The molecule has 0 saturated carbocycles. The number of carbonyl (C=O) groups is 1. The zero-order valence-electron chi connectivity index (χ0n) is 10.3. The first-order valence-electron chi connectivity index (χ1n) is 6.19. The summed E-state index contributed by atoms with van der Waals surface area (Å²) in [6.45, 7) is 1.96. The van der Waals surface area contributed by atoms with Gasteiger partial charge in [-0.25, -0.2) is 9.97 Å². The molecule has 3 rings (SSSR count). The lowest BCUT2D eigenvalue weighted by molar-refractivity contribution is 0.0981. The molecule has 0 unspecified atom stereocenters. The van der Waals surface area contributed by atoms with E-state index in [1.165, 1.54) is 0 Å². The first-order chi connectivity index (χ1) is 8.75. The summed E-state index contributed by atoms with van der Waals surface area (Å²) in [5.41, 5.74) is 2.55. The third-order valence-corrected chi connectivity index (χ3v) is 3.30. The van der Waals surface area contributed by atoms with Gasteiger partial charge < -0.3 is 4.42 Å². The summed E-state index contributed by atoms with van der Waals surface area (Å²) in [6, 6.07) is 1.88. The number of rotatable bonds is 1. The van der Waals surface area contributed by atoms with Crippen molar-refractivity contribution in [3.8, 4) is 11.6 Å². The molecule has 0 amide bonds. The topological polar surface area (TPSA) is 56.0 Å². The van der Waals surface area contributed by atoms with Crippen molar-refractivity contribution in [1.29, 1.82) is 0 Å². The largest absolute Gasteiger partial charge is 0.461 e. The first kappa shape index (κ1) is 11.1. The standard InChI is InChI=1S/C14H14N2O2/c1-9-6-7-18-13(9)14-15-8-10-11(16-14)4-2-3-5-12(10)17/h6-8H,2-5H2,1H3. The zero-order chi connectivity index (χ0) is 12.5. The molecule has 0 atom stereocenters. The number of hydrogen-bond acceptors (Lipinski definition) is 4. The fourth-order valence-electron chi connectivity index (χ4n) is 2.26. The van der Waals surface area contributed by atoms with Crippen LogP contribution in [0.2, 0.25) is 0 Å². The van der Waals surface area contributed by atoms with E-state index in [1.807, 2.05) is 13.0 Å². The van der Waals surface area contributed by atoms with Crippen LogP contribution in [0.25, 0.3) is 11.6 Å². The Balaban J connectivity index is 2.08. The number of Topliss-reactive ketones (excluding diaryl/α,β-unsaturated/α-hetero) is 1. The highest BCUT2D eigenvalue weighted by Crippen LogP contribution is 2.24. The molecule has 4 nitrogen and oxygen atoms in total. The molecule has 1 aliphatic carbocycles. The highest BCUT2D eigenvalue weighted by molar-refractivity contribution is 5.97. The van der Waals surface area contributed by atoms with E-state index in [0.717, 1.165) is 30.5 Å². The molecule has 0 saturated heterocycles. The molecule has 0 spiro atoms. The quantitative estimate of drug-likeness (QED) is 0.721. The normalized spacial score (nSPS) is 15.3. The van der Waals surface area contributed by atoms with Crippen LogP contribution in [-0.2, 0) is 6.42 Å². The third-order valence-electron chi connectivity index (χ3n) is 3.30. The lowest BCUT2D eigenvalue weighted by Gasteiger charge is -2.05. The molecule has 18 heavy (non-hydrogen) atoms. The maximum atomic E-state index is 11.9. The van der Waals surface area contributed by atoms with Crippen molar-refractivity contribution in [2.75, 3.05) is 0 Å². The van der Waals surface area contributed by atoms with Crippen LogP contribution in [0.1, 0.15) is 40.9 Å². The maximum absolute atomic E-state index is 11.9. The van der Waals surface area contributed by atoms with Crippen molar-refractivity contribution >= 4 is 5.78 Å². The second-order valence-corrected chi connectivity index (χ2v) is 4.62. The number of furan rings is 1. The molecule has 2 heterocycles. The van der Waals surface area contributed by atoms with Crippen molar-refractivity contribution in [2.24, 2.45) is 0 Å². The highest BCUT2D eigenvalue weighted by atomic mass is 16.3. The van der Waals surface area contributed by atoms with Crippen molar-refractivity contribution in [3.05, 3.63) is 35.3 Å². The van der Waals surface area contributed by atoms with E-state index < -0.39 is 0 Å². The fraction of sp³-hybridized carbons (Fsp3) is 0.357. The number of ketones is 1. The summed E-state index contributed by atoms with van der Waals surface area (Å²) in [4.78, 5) is 20.6. The molecule has 2 aromatic rings.